The van der Waals surface area contributed by atoms with Gasteiger partial charge in [0.1, 0.15) is 17.6 Å². The number of nitrogens with one attached hydrogen (secondary N) is 1. The van der Waals surface area contributed by atoms with Crippen LogP contribution in [0.3, 0.4) is 0 Å². The van der Waals surface area contributed by atoms with Crippen molar-refractivity contribution in [2.24, 2.45) is 17.8 Å². The summed E-state index contributed by atoms with van der Waals surface area (Å²) in [5, 5.41) is 13.1. The minimum atomic E-state index is -4.00. The van der Waals surface area contributed by atoms with Gasteiger partial charge in [0.25, 0.3) is 0 Å². The molecule has 2 aromatic heterocycles. The summed E-state index contributed by atoms with van der Waals surface area (Å²) in [6, 6.07) is 9.64. The fourth-order valence-corrected chi connectivity index (χ4v) is 7.57. The van der Waals surface area contributed by atoms with Crippen LogP contribution < -0.4 is 4.72 Å². The molecular formula is C29H37N5O6SSi. The van der Waals surface area contributed by atoms with Crippen molar-refractivity contribution >= 4 is 24.6 Å². The van der Waals surface area contributed by atoms with Crippen molar-refractivity contribution in [3.05, 3.63) is 59.8 Å². The Labute approximate surface area is 247 Å². The lowest BCUT2D eigenvalue weighted by Gasteiger charge is -2.38. The molecule has 1 aromatic carbocycles. The number of rotatable bonds is 8. The van der Waals surface area contributed by atoms with Gasteiger partial charge in [-0.3, -0.25) is 0 Å². The normalized spacial score (nSPS) is 21.3. The molecule has 4 atom stereocenters. The van der Waals surface area contributed by atoms with E-state index in [4.69, 9.17) is 14.1 Å². The minimum absolute atomic E-state index is 0.105. The van der Waals surface area contributed by atoms with Crippen LogP contribution in [0.1, 0.15) is 50.9 Å². The number of carboxylic acid groups (broad SMARTS) is 1. The van der Waals surface area contributed by atoms with Gasteiger partial charge in [0.15, 0.2) is 14.1 Å². The molecule has 1 saturated carbocycles. The summed E-state index contributed by atoms with van der Waals surface area (Å²) in [7, 11) is -5.96. The van der Waals surface area contributed by atoms with Crippen LogP contribution in [-0.4, -0.2) is 60.0 Å². The molecule has 13 heteroatoms. The molecule has 0 radical (unpaired) electrons. The SMILES string of the molecule is C[C@H](O[Si](C)(C)C(C)(C)C)c1nccn1Cc1cc(-c2ccc(C#C[C@@H]3[C@H]4CN(S(=O)(=O)NC(=O)O)C[C@@H]34)cc2)on1. The van der Waals surface area contributed by atoms with Crippen LogP contribution in [0.5, 0.6) is 0 Å². The Morgan fingerprint density at radius 2 is 1.90 bits per heavy atom. The van der Waals surface area contributed by atoms with E-state index >= 15 is 0 Å². The monoisotopic (exact) mass is 611 g/mol. The fourth-order valence-electron chi connectivity index (χ4n) is 5.14. The zero-order valence-corrected chi connectivity index (χ0v) is 26.5. The molecule has 0 unspecified atom stereocenters. The molecule has 0 bridgehead atoms. The van der Waals surface area contributed by atoms with Crippen LogP contribution in [0, 0.1) is 29.6 Å². The van der Waals surface area contributed by atoms with E-state index in [1.165, 1.54) is 4.31 Å². The molecule has 1 saturated heterocycles. The molecule has 11 nitrogen and oxygen atoms in total. The number of aromatic nitrogens is 3. The Morgan fingerprint density at radius 1 is 1.24 bits per heavy atom. The summed E-state index contributed by atoms with van der Waals surface area (Å²) >= 11 is 0. The Bertz CT molecular complexity index is 1620. The number of piperidine rings is 1. The lowest BCUT2D eigenvalue weighted by atomic mass is 10.1. The molecule has 3 heterocycles. The highest BCUT2D eigenvalue weighted by molar-refractivity contribution is 7.87. The van der Waals surface area contributed by atoms with E-state index in [1.807, 2.05) is 48.0 Å². The standard InChI is InChI=1S/C29H37N5O6SSi/c1-19(40-42(5,6)29(2,3)4)27-30-13-14-33(27)16-22-15-26(39-31-22)21-10-7-20(8-11-21)9-12-23-24-17-34(18-25(23)24)41(37,38)32-28(35)36/h7-8,10-11,13-15,19,23-25,32H,16-18H2,1-6H3,(H,35,36)/t19-,23-,24-,25+/m0/s1. The highest BCUT2D eigenvalue weighted by atomic mass is 32.2. The Hall–Kier alpha value is -3.44. The molecule has 0 spiro atoms. The molecule has 2 N–H and O–H groups in total. The zero-order chi connectivity index (χ0) is 30.4. The highest BCUT2D eigenvalue weighted by Gasteiger charge is 2.57. The van der Waals surface area contributed by atoms with Crippen LogP contribution >= 0.6 is 0 Å². The first-order valence-electron chi connectivity index (χ1n) is 13.9. The smallest absolute Gasteiger partial charge is 0.419 e. The Balaban J connectivity index is 1.17. The summed E-state index contributed by atoms with van der Waals surface area (Å²) in [5.74, 6) is 8.33. The van der Waals surface area contributed by atoms with Gasteiger partial charge < -0.3 is 18.6 Å². The quantitative estimate of drug-likeness (QED) is 0.276. The predicted molar refractivity (Wildman–Crippen MR) is 159 cm³/mol. The number of imidazole rings is 1. The van der Waals surface area contributed by atoms with E-state index in [0.29, 0.717) is 12.3 Å². The largest absolute Gasteiger partial charge is 0.464 e. The van der Waals surface area contributed by atoms with E-state index in [-0.39, 0.29) is 42.0 Å². The van der Waals surface area contributed by atoms with Gasteiger partial charge in [0.2, 0.25) is 0 Å². The second-order valence-corrected chi connectivity index (χ2v) is 19.0. The number of nitrogens with zero attached hydrogens (tertiary/aromatic N) is 4. The molecule has 3 aromatic rings. The minimum Gasteiger partial charge on any atom is -0.464 e. The van der Waals surface area contributed by atoms with Crippen molar-refractivity contribution in [1.82, 2.24) is 23.7 Å². The topological polar surface area (TPSA) is 140 Å². The summed E-state index contributed by atoms with van der Waals surface area (Å²) in [5.41, 5.74) is 2.51. The maximum atomic E-state index is 12.0. The van der Waals surface area contributed by atoms with Crippen molar-refractivity contribution in [3.63, 3.8) is 0 Å². The number of fused-ring (bicyclic) bond motifs is 1. The number of benzene rings is 1. The third-order valence-electron chi connectivity index (χ3n) is 8.55. The number of hydrogen-bond acceptors (Lipinski definition) is 7. The first-order chi connectivity index (χ1) is 19.6. The Morgan fingerprint density at radius 3 is 2.52 bits per heavy atom. The average Bonchev–Trinajstić information content (AvgIpc) is 3.38. The summed E-state index contributed by atoms with van der Waals surface area (Å²) in [6.45, 7) is 14.3. The maximum Gasteiger partial charge on any atom is 0.419 e. The Kier molecular flexibility index (Phi) is 7.86. The van der Waals surface area contributed by atoms with Gasteiger partial charge in [0.05, 0.1) is 6.54 Å². The van der Waals surface area contributed by atoms with Crippen molar-refractivity contribution in [1.29, 1.82) is 0 Å². The third kappa shape index (κ3) is 6.31. The first-order valence-corrected chi connectivity index (χ1v) is 18.3. The maximum absolute atomic E-state index is 12.0. The van der Waals surface area contributed by atoms with Crippen molar-refractivity contribution in [3.8, 4) is 23.2 Å². The van der Waals surface area contributed by atoms with E-state index in [9.17, 15) is 13.2 Å². The molecule has 42 heavy (non-hydrogen) atoms. The lowest BCUT2D eigenvalue weighted by Crippen LogP contribution is -2.43. The van der Waals surface area contributed by atoms with Gasteiger partial charge in [-0.15, -0.1) is 0 Å². The van der Waals surface area contributed by atoms with E-state index in [2.05, 4.69) is 55.8 Å². The summed E-state index contributed by atoms with van der Waals surface area (Å²) in [4.78, 5) is 15.3. The zero-order valence-electron chi connectivity index (χ0n) is 24.7. The molecule has 2 fully saturated rings. The molecular weight excluding hydrogens is 575 g/mol. The molecule has 1 aliphatic heterocycles. The van der Waals surface area contributed by atoms with Gasteiger partial charge >= 0.3 is 16.3 Å². The molecule has 1 amide bonds. The fraction of sp³-hybridized carbons (Fsp3) is 0.483. The number of amides is 1. The van der Waals surface area contributed by atoms with Crippen molar-refractivity contribution in [2.45, 2.75) is 58.5 Å². The van der Waals surface area contributed by atoms with Gasteiger partial charge in [0, 0.05) is 48.6 Å². The first kappa shape index (κ1) is 30.0. The van der Waals surface area contributed by atoms with Gasteiger partial charge in [-0.25, -0.2) is 14.5 Å². The number of hydrogen-bond donors (Lipinski definition) is 2. The summed E-state index contributed by atoms with van der Waals surface area (Å²) in [6.07, 6.45) is 1.99. The van der Waals surface area contributed by atoms with Crippen LogP contribution in [0.25, 0.3) is 11.3 Å². The second-order valence-electron chi connectivity index (χ2n) is 12.5. The van der Waals surface area contributed by atoms with Crippen LogP contribution in [-0.2, 0) is 21.2 Å². The van der Waals surface area contributed by atoms with Gasteiger partial charge in [-0.05, 0) is 61.2 Å². The van der Waals surface area contributed by atoms with Crippen LogP contribution in [0.15, 0.2) is 47.2 Å². The van der Waals surface area contributed by atoms with Crippen LogP contribution in [0.2, 0.25) is 18.1 Å². The highest BCUT2D eigenvalue weighted by Crippen LogP contribution is 2.51. The van der Waals surface area contributed by atoms with Crippen molar-refractivity contribution < 1.29 is 27.3 Å². The van der Waals surface area contributed by atoms with E-state index in [0.717, 1.165) is 22.6 Å². The van der Waals surface area contributed by atoms with Crippen molar-refractivity contribution in [2.75, 3.05) is 13.1 Å². The average molecular weight is 612 g/mol. The van der Waals surface area contributed by atoms with E-state index in [1.54, 1.807) is 10.9 Å². The van der Waals surface area contributed by atoms with E-state index < -0.39 is 24.6 Å². The molecule has 1 aliphatic carbocycles. The molecule has 5 rings (SSSR count). The third-order valence-corrected chi connectivity index (χ3v) is 14.5. The van der Waals surface area contributed by atoms with Crippen LogP contribution in [0.4, 0.5) is 4.79 Å². The second kappa shape index (κ2) is 11.0. The predicted octanol–water partition coefficient (Wildman–Crippen LogP) is 4.71. The molecule has 2 aliphatic rings. The van der Waals surface area contributed by atoms with Gasteiger partial charge in [-0.1, -0.05) is 37.8 Å². The molecule has 224 valence electrons. The lowest BCUT2D eigenvalue weighted by molar-refractivity contribution is 0.189. The van der Waals surface area contributed by atoms with Gasteiger partial charge in [-0.2, -0.15) is 12.7 Å². The number of carbonyl (C=O) groups is 1. The summed E-state index contributed by atoms with van der Waals surface area (Å²) < 4.78 is 41.0.